The van der Waals surface area contributed by atoms with Gasteiger partial charge in [-0.2, -0.15) is 18.3 Å². The van der Waals surface area contributed by atoms with Gasteiger partial charge in [0.1, 0.15) is 17.2 Å². The van der Waals surface area contributed by atoms with Crippen molar-refractivity contribution in [1.29, 1.82) is 5.53 Å². The summed E-state index contributed by atoms with van der Waals surface area (Å²) in [4.78, 5) is 3.30. The summed E-state index contributed by atoms with van der Waals surface area (Å²) in [6.45, 7) is 0.0285. The van der Waals surface area contributed by atoms with Gasteiger partial charge in [-0.1, -0.05) is 29.8 Å². The van der Waals surface area contributed by atoms with E-state index in [1.165, 1.54) is 12.3 Å². The average molecular weight is 448 g/mol. The molecule has 2 aromatic carbocycles. The first-order valence-electron chi connectivity index (χ1n) is 8.98. The molecule has 160 valence electrons. The number of alkyl halides is 3. The van der Waals surface area contributed by atoms with Crippen LogP contribution in [0.25, 0.3) is 0 Å². The number of rotatable bonds is 8. The zero-order valence-electron chi connectivity index (χ0n) is 15.9. The van der Waals surface area contributed by atoms with E-state index in [2.05, 4.69) is 20.7 Å². The van der Waals surface area contributed by atoms with Crippen LogP contribution in [0.1, 0.15) is 5.69 Å². The Hall–Kier alpha value is -3.59. The van der Waals surface area contributed by atoms with E-state index in [1.807, 2.05) is 18.2 Å². The number of aromatic nitrogens is 1. The molecule has 0 aliphatic heterocycles. The van der Waals surface area contributed by atoms with Crippen LogP contribution in [0.4, 0.5) is 24.5 Å². The molecule has 0 saturated carbocycles. The number of benzene rings is 2. The molecule has 0 fully saturated rings. The van der Waals surface area contributed by atoms with Crippen LogP contribution in [0.2, 0.25) is 5.02 Å². The lowest BCUT2D eigenvalue weighted by molar-refractivity contribution is -0.141. The number of anilines is 2. The molecule has 0 bridgehead atoms. The van der Waals surface area contributed by atoms with Crippen LogP contribution in [0.15, 0.2) is 83.9 Å². The number of para-hydroxylation sites is 1. The Labute approximate surface area is 181 Å². The predicted molar refractivity (Wildman–Crippen MR) is 113 cm³/mol. The van der Waals surface area contributed by atoms with Crippen LogP contribution >= 0.6 is 11.6 Å². The molecule has 3 N–H and O–H groups in total. The number of nitrogens with one attached hydrogen (secondary N) is 3. The topological polar surface area (TPSA) is 82.4 Å². The molecule has 3 aromatic rings. The van der Waals surface area contributed by atoms with E-state index in [9.17, 15) is 13.2 Å². The smallest absolute Gasteiger partial charge is 0.433 e. The molecule has 0 atom stereocenters. The van der Waals surface area contributed by atoms with Crippen molar-refractivity contribution in [2.45, 2.75) is 6.18 Å². The quantitative estimate of drug-likeness (QED) is 0.326. The van der Waals surface area contributed by atoms with Crippen LogP contribution in [0.3, 0.4) is 0 Å². The number of hydrogen-bond donors (Lipinski definition) is 3. The Balaban J connectivity index is 1.62. The van der Waals surface area contributed by atoms with Gasteiger partial charge in [0.2, 0.25) is 0 Å². The van der Waals surface area contributed by atoms with Gasteiger partial charge in [-0.25, -0.2) is 5.53 Å². The Morgan fingerprint density at radius 2 is 1.87 bits per heavy atom. The third kappa shape index (κ3) is 6.45. The maximum Gasteiger partial charge on any atom is 0.433 e. The van der Waals surface area contributed by atoms with Crippen molar-refractivity contribution in [2.75, 3.05) is 17.2 Å². The SMILES string of the molecule is N=N/C(=C\Nc1ccc(Oc2ccccc2)c(Cl)c1)CNc1ccnc(C(F)(F)F)c1. The lowest BCUT2D eigenvalue weighted by Gasteiger charge is -2.11. The second kappa shape index (κ2) is 9.94. The number of pyridine rings is 1. The van der Waals surface area contributed by atoms with Crippen molar-refractivity contribution in [3.8, 4) is 11.5 Å². The summed E-state index contributed by atoms with van der Waals surface area (Å²) in [5, 5.41) is 9.49. The Morgan fingerprint density at radius 3 is 2.55 bits per heavy atom. The molecule has 0 radical (unpaired) electrons. The molecule has 1 heterocycles. The second-order valence-electron chi connectivity index (χ2n) is 6.23. The Bertz CT molecular complexity index is 1070. The zero-order valence-corrected chi connectivity index (χ0v) is 16.7. The van der Waals surface area contributed by atoms with Crippen LogP contribution in [-0.2, 0) is 6.18 Å². The van der Waals surface area contributed by atoms with Gasteiger partial charge in [-0.15, -0.1) is 0 Å². The van der Waals surface area contributed by atoms with E-state index >= 15 is 0 Å². The molecule has 3 rings (SSSR count). The second-order valence-corrected chi connectivity index (χ2v) is 6.64. The van der Waals surface area contributed by atoms with E-state index in [4.69, 9.17) is 21.9 Å². The molecule has 10 heteroatoms. The minimum absolute atomic E-state index is 0.0285. The zero-order chi connectivity index (χ0) is 22.3. The fourth-order valence-electron chi connectivity index (χ4n) is 2.47. The highest BCUT2D eigenvalue weighted by molar-refractivity contribution is 6.32. The average Bonchev–Trinajstić information content (AvgIpc) is 2.76. The lowest BCUT2D eigenvalue weighted by Crippen LogP contribution is -2.10. The van der Waals surface area contributed by atoms with Gasteiger partial charge in [-0.05, 0) is 42.5 Å². The van der Waals surface area contributed by atoms with Crippen LogP contribution in [-0.4, -0.2) is 11.5 Å². The maximum absolute atomic E-state index is 12.7. The van der Waals surface area contributed by atoms with Gasteiger partial charge in [-0.3, -0.25) is 4.98 Å². The molecule has 0 aliphatic carbocycles. The highest BCUT2D eigenvalue weighted by Crippen LogP contribution is 2.32. The summed E-state index contributed by atoms with van der Waals surface area (Å²) < 4.78 is 43.9. The standard InChI is InChI=1S/C21H17ClF3N5O/c22-18-10-14(6-7-19(18)31-17-4-2-1-3-5-17)28-12-16(30-26)13-29-15-8-9-27-20(11-15)21(23,24)25/h1-12,26,28H,13H2,(H,27,29)/b16-12-,30-26?. The van der Waals surface area contributed by atoms with E-state index in [0.29, 0.717) is 22.2 Å². The first kappa shape index (κ1) is 22.1. The number of hydrogen-bond acceptors (Lipinski definition) is 6. The summed E-state index contributed by atoms with van der Waals surface area (Å²) in [5.41, 5.74) is 7.36. The van der Waals surface area contributed by atoms with Gasteiger partial charge < -0.3 is 15.4 Å². The Kier molecular flexibility index (Phi) is 7.09. The molecular formula is C21H17ClF3N5O. The molecule has 0 spiro atoms. The lowest BCUT2D eigenvalue weighted by atomic mass is 10.3. The molecule has 0 saturated heterocycles. The monoisotopic (exact) mass is 447 g/mol. The van der Waals surface area contributed by atoms with Crippen molar-refractivity contribution in [1.82, 2.24) is 4.98 Å². The Morgan fingerprint density at radius 1 is 1.10 bits per heavy atom. The molecule has 31 heavy (non-hydrogen) atoms. The van der Waals surface area contributed by atoms with Crippen molar-refractivity contribution < 1.29 is 17.9 Å². The summed E-state index contributed by atoms with van der Waals surface area (Å²) in [6.07, 6.45) is -2.02. The van der Waals surface area contributed by atoms with E-state index in [1.54, 1.807) is 30.3 Å². The van der Waals surface area contributed by atoms with Gasteiger partial charge in [0, 0.05) is 23.8 Å². The molecular weight excluding hydrogens is 431 g/mol. The first-order valence-corrected chi connectivity index (χ1v) is 9.35. The summed E-state index contributed by atoms with van der Waals surface area (Å²) >= 11 is 6.26. The molecule has 6 nitrogen and oxygen atoms in total. The normalized spacial score (nSPS) is 11.7. The van der Waals surface area contributed by atoms with Gasteiger partial charge in [0.05, 0.1) is 17.3 Å². The molecule has 0 aliphatic rings. The molecule has 0 unspecified atom stereocenters. The minimum atomic E-state index is -4.53. The fraction of sp³-hybridized carbons (Fsp3) is 0.0952. The van der Waals surface area contributed by atoms with E-state index < -0.39 is 11.9 Å². The van der Waals surface area contributed by atoms with Crippen LogP contribution < -0.4 is 15.4 Å². The molecule has 0 amide bonds. The summed E-state index contributed by atoms with van der Waals surface area (Å²) in [6, 6.07) is 16.5. The minimum Gasteiger partial charge on any atom is -0.456 e. The molecule has 1 aromatic heterocycles. The third-order valence-electron chi connectivity index (χ3n) is 3.98. The number of ether oxygens (including phenoxy) is 1. The highest BCUT2D eigenvalue weighted by Gasteiger charge is 2.32. The maximum atomic E-state index is 12.7. The van der Waals surface area contributed by atoms with Gasteiger partial charge in [0.15, 0.2) is 0 Å². The van der Waals surface area contributed by atoms with Crippen molar-refractivity contribution in [2.24, 2.45) is 5.11 Å². The summed E-state index contributed by atoms with van der Waals surface area (Å²) in [7, 11) is 0. The van der Waals surface area contributed by atoms with Crippen molar-refractivity contribution in [3.05, 3.63) is 89.5 Å². The highest BCUT2D eigenvalue weighted by atomic mass is 35.5. The largest absolute Gasteiger partial charge is 0.456 e. The third-order valence-corrected chi connectivity index (χ3v) is 4.27. The van der Waals surface area contributed by atoms with Crippen LogP contribution in [0, 0.1) is 5.53 Å². The van der Waals surface area contributed by atoms with Crippen molar-refractivity contribution >= 4 is 23.0 Å². The summed E-state index contributed by atoms with van der Waals surface area (Å²) in [5.74, 6) is 1.13. The number of nitrogens with zero attached hydrogens (tertiary/aromatic N) is 2. The fourth-order valence-corrected chi connectivity index (χ4v) is 2.69. The van der Waals surface area contributed by atoms with Gasteiger partial charge >= 0.3 is 6.18 Å². The predicted octanol–water partition coefficient (Wildman–Crippen LogP) is 6.94. The van der Waals surface area contributed by atoms with Crippen molar-refractivity contribution in [3.63, 3.8) is 0 Å². The first-order chi connectivity index (χ1) is 14.8. The van der Waals surface area contributed by atoms with Gasteiger partial charge in [0.25, 0.3) is 0 Å². The van der Waals surface area contributed by atoms with Crippen LogP contribution in [0.5, 0.6) is 11.5 Å². The van der Waals surface area contributed by atoms with E-state index in [-0.39, 0.29) is 17.9 Å². The number of halogens is 4. The van der Waals surface area contributed by atoms with E-state index in [0.717, 1.165) is 12.3 Å².